The third-order valence-electron chi connectivity index (χ3n) is 2.83. The van der Waals surface area contributed by atoms with Crippen molar-refractivity contribution in [1.82, 2.24) is 0 Å². The van der Waals surface area contributed by atoms with Gasteiger partial charge < -0.3 is 11.1 Å². The van der Waals surface area contributed by atoms with Gasteiger partial charge in [-0.3, -0.25) is 0 Å². The van der Waals surface area contributed by atoms with E-state index in [9.17, 15) is 0 Å². The highest BCUT2D eigenvalue weighted by molar-refractivity contribution is 5.64. The van der Waals surface area contributed by atoms with Crippen LogP contribution in [-0.2, 0) is 6.42 Å². The Morgan fingerprint density at radius 3 is 2.39 bits per heavy atom. The summed E-state index contributed by atoms with van der Waals surface area (Å²) in [5, 5.41) is 3.39. The molecule has 0 aliphatic rings. The van der Waals surface area contributed by atoms with E-state index < -0.39 is 0 Å². The van der Waals surface area contributed by atoms with Crippen LogP contribution in [0.25, 0.3) is 0 Å². The number of para-hydroxylation sites is 1. The summed E-state index contributed by atoms with van der Waals surface area (Å²) in [5.74, 6) is 0.610. The summed E-state index contributed by atoms with van der Waals surface area (Å²) in [5.41, 5.74) is 10.3. The number of hydrogen-bond acceptors (Lipinski definition) is 2. The van der Waals surface area contributed by atoms with Crippen LogP contribution in [0.1, 0.15) is 19.4 Å². The molecule has 0 bridgehead atoms. The zero-order chi connectivity index (χ0) is 13.0. The molecule has 2 aromatic rings. The standard InChI is InChI=1S/C16H20N2/c1-12(2)10-13-11-15(8-9-16(13)17)18-14-6-4-3-5-7-14/h3-9,11-12,18H,10,17H2,1-2H3. The monoisotopic (exact) mass is 240 g/mol. The van der Waals surface area contributed by atoms with Crippen molar-refractivity contribution < 1.29 is 0 Å². The molecule has 0 aliphatic carbocycles. The molecule has 0 spiro atoms. The lowest BCUT2D eigenvalue weighted by atomic mass is 10.0. The Morgan fingerprint density at radius 2 is 1.72 bits per heavy atom. The highest BCUT2D eigenvalue weighted by Gasteiger charge is 2.04. The van der Waals surface area contributed by atoms with Crippen molar-refractivity contribution in [3.05, 3.63) is 54.1 Å². The van der Waals surface area contributed by atoms with Crippen molar-refractivity contribution in [3.63, 3.8) is 0 Å². The van der Waals surface area contributed by atoms with E-state index in [-0.39, 0.29) is 0 Å². The molecule has 0 fully saturated rings. The Morgan fingerprint density at radius 1 is 1.00 bits per heavy atom. The minimum absolute atomic E-state index is 0.610. The topological polar surface area (TPSA) is 38.0 Å². The van der Waals surface area contributed by atoms with E-state index >= 15 is 0 Å². The summed E-state index contributed by atoms with van der Waals surface area (Å²) < 4.78 is 0. The summed E-state index contributed by atoms with van der Waals surface area (Å²) in [4.78, 5) is 0. The Kier molecular flexibility index (Phi) is 3.88. The van der Waals surface area contributed by atoms with Crippen molar-refractivity contribution in [2.75, 3.05) is 11.1 Å². The average molecular weight is 240 g/mol. The Hall–Kier alpha value is -1.96. The molecule has 18 heavy (non-hydrogen) atoms. The summed E-state index contributed by atoms with van der Waals surface area (Å²) in [7, 11) is 0. The summed E-state index contributed by atoms with van der Waals surface area (Å²) in [6, 6.07) is 16.3. The number of nitrogens with one attached hydrogen (secondary N) is 1. The maximum Gasteiger partial charge on any atom is 0.0388 e. The van der Waals surface area contributed by atoms with Gasteiger partial charge in [0.25, 0.3) is 0 Å². The summed E-state index contributed by atoms with van der Waals surface area (Å²) in [6.45, 7) is 4.41. The number of nitrogen functional groups attached to an aromatic ring is 1. The lowest BCUT2D eigenvalue weighted by molar-refractivity contribution is 0.648. The molecule has 0 heterocycles. The fraction of sp³-hybridized carbons (Fsp3) is 0.250. The molecule has 0 unspecified atom stereocenters. The molecule has 0 saturated heterocycles. The quantitative estimate of drug-likeness (QED) is 0.786. The normalized spacial score (nSPS) is 10.6. The SMILES string of the molecule is CC(C)Cc1cc(Nc2ccccc2)ccc1N. The Bertz CT molecular complexity index is 504. The van der Waals surface area contributed by atoms with Gasteiger partial charge in [-0.25, -0.2) is 0 Å². The van der Waals surface area contributed by atoms with Crippen molar-refractivity contribution in [1.29, 1.82) is 0 Å². The maximum atomic E-state index is 6.00. The molecular formula is C16H20N2. The van der Waals surface area contributed by atoms with E-state index in [1.807, 2.05) is 30.3 Å². The van der Waals surface area contributed by atoms with Crippen LogP contribution >= 0.6 is 0 Å². The average Bonchev–Trinajstić information content (AvgIpc) is 2.34. The molecule has 0 aliphatic heterocycles. The highest BCUT2D eigenvalue weighted by Crippen LogP contribution is 2.23. The van der Waals surface area contributed by atoms with Crippen LogP contribution in [0, 0.1) is 5.92 Å². The first-order valence-electron chi connectivity index (χ1n) is 6.35. The van der Waals surface area contributed by atoms with Crippen molar-refractivity contribution in [2.24, 2.45) is 5.92 Å². The van der Waals surface area contributed by atoms with Crippen LogP contribution in [0.4, 0.5) is 17.1 Å². The first-order valence-corrected chi connectivity index (χ1v) is 6.35. The van der Waals surface area contributed by atoms with Gasteiger partial charge in [0.2, 0.25) is 0 Å². The molecule has 2 rings (SSSR count). The fourth-order valence-corrected chi connectivity index (χ4v) is 1.99. The minimum Gasteiger partial charge on any atom is -0.399 e. The van der Waals surface area contributed by atoms with Crippen molar-refractivity contribution >= 4 is 17.1 Å². The highest BCUT2D eigenvalue weighted by atomic mass is 14.9. The van der Waals surface area contributed by atoms with E-state index in [0.29, 0.717) is 5.92 Å². The third-order valence-corrected chi connectivity index (χ3v) is 2.83. The Balaban J connectivity index is 2.19. The summed E-state index contributed by atoms with van der Waals surface area (Å²) in [6.07, 6.45) is 1.01. The van der Waals surface area contributed by atoms with Gasteiger partial charge in [0.05, 0.1) is 0 Å². The third kappa shape index (κ3) is 3.27. The summed E-state index contributed by atoms with van der Waals surface area (Å²) >= 11 is 0. The molecule has 0 radical (unpaired) electrons. The number of anilines is 3. The number of rotatable bonds is 4. The van der Waals surface area contributed by atoms with Gasteiger partial charge in [-0.1, -0.05) is 32.0 Å². The van der Waals surface area contributed by atoms with Gasteiger partial charge in [0, 0.05) is 17.1 Å². The van der Waals surface area contributed by atoms with Gasteiger partial charge in [-0.15, -0.1) is 0 Å². The van der Waals surface area contributed by atoms with Gasteiger partial charge in [-0.2, -0.15) is 0 Å². The van der Waals surface area contributed by atoms with Crippen LogP contribution in [-0.4, -0.2) is 0 Å². The van der Waals surface area contributed by atoms with Crippen LogP contribution in [0.3, 0.4) is 0 Å². The predicted molar refractivity (Wildman–Crippen MR) is 79.1 cm³/mol. The largest absolute Gasteiger partial charge is 0.399 e. The van der Waals surface area contributed by atoms with Crippen LogP contribution < -0.4 is 11.1 Å². The maximum absolute atomic E-state index is 6.00. The number of hydrogen-bond donors (Lipinski definition) is 2. The first-order chi connectivity index (χ1) is 8.65. The van der Waals surface area contributed by atoms with Gasteiger partial charge in [0.1, 0.15) is 0 Å². The lowest BCUT2D eigenvalue weighted by Crippen LogP contribution is -2.01. The van der Waals surface area contributed by atoms with Crippen LogP contribution in [0.15, 0.2) is 48.5 Å². The van der Waals surface area contributed by atoms with E-state index in [0.717, 1.165) is 23.5 Å². The lowest BCUT2D eigenvalue weighted by Gasteiger charge is -2.12. The number of nitrogens with two attached hydrogens (primary N) is 1. The van der Waals surface area contributed by atoms with Crippen LogP contribution in [0.2, 0.25) is 0 Å². The molecular weight excluding hydrogens is 220 g/mol. The molecule has 2 nitrogen and oxygen atoms in total. The van der Waals surface area contributed by atoms with E-state index in [1.165, 1.54) is 5.56 Å². The molecule has 94 valence electrons. The second-order valence-corrected chi connectivity index (χ2v) is 5.00. The molecule has 0 saturated carbocycles. The van der Waals surface area contributed by atoms with Gasteiger partial charge in [0.15, 0.2) is 0 Å². The molecule has 0 amide bonds. The van der Waals surface area contributed by atoms with Crippen molar-refractivity contribution in [3.8, 4) is 0 Å². The smallest absolute Gasteiger partial charge is 0.0388 e. The van der Waals surface area contributed by atoms with E-state index in [4.69, 9.17) is 5.73 Å². The van der Waals surface area contributed by atoms with Gasteiger partial charge >= 0.3 is 0 Å². The molecule has 2 heteroatoms. The minimum atomic E-state index is 0.610. The second-order valence-electron chi connectivity index (χ2n) is 5.00. The van der Waals surface area contributed by atoms with Crippen molar-refractivity contribution in [2.45, 2.75) is 20.3 Å². The Labute approximate surface area is 109 Å². The molecule has 3 N–H and O–H groups in total. The fourth-order valence-electron chi connectivity index (χ4n) is 1.99. The van der Waals surface area contributed by atoms with E-state index in [1.54, 1.807) is 0 Å². The van der Waals surface area contributed by atoms with E-state index in [2.05, 4.69) is 37.4 Å². The molecule has 2 aromatic carbocycles. The zero-order valence-electron chi connectivity index (χ0n) is 11.0. The zero-order valence-corrected chi connectivity index (χ0v) is 11.0. The first kappa shape index (κ1) is 12.5. The molecule has 0 aromatic heterocycles. The number of benzene rings is 2. The van der Waals surface area contributed by atoms with Gasteiger partial charge in [-0.05, 0) is 48.2 Å². The predicted octanol–water partition coefficient (Wildman–Crippen LogP) is 4.21. The van der Waals surface area contributed by atoms with Crippen LogP contribution in [0.5, 0.6) is 0 Å². The second kappa shape index (κ2) is 5.58. The molecule has 0 atom stereocenters.